The zero-order valence-electron chi connectivity index (χ0n) is 14.8. The number of aromatic nitrogens is 4. The smallest absolute Gasteiger partial charge is 0.272 e. The van der Waals surface area contributed by atoms with Gasteiger partial charge in [-0.2, -0.15) is 5.10 Å². The average molecular weight is 346 g/mol. The van der Waals surface area contributed by atoms with Crippen LogP contribution in [0, 0.1) is 6.57 Å². The molecule has 0 aromatic carbocycles. The van der Waals surface area contributed by atoms with Crippen molar-refractivity contribution >= 4 is 11.6 Å². The molecule has 0 spiro atoms. The molecule has 0 radical (unpaired) electrons. The van der Waals surface area contributed by atoms with Crippen LogP contribution in [0.5, 0.6) is 0 Å². The first-order chi connectivity index (χ1) is 12.4. The second kappa shape index (κ2) is 6.76. The molecule has 0 atom stereocenters. The Bertz CT molecular complexity index is 962. The molecule has 0 aliphatic rings. The maximum absolute atomic E-state index is 12.5. The molecule has 0 aliphatic carbocycles. The summed E-state index contributed by atoms with van der Waals surface area (Å²) in [5.41, 5.74) is 2.34. The van der Waals surface area contributed by atoms with E-state index in [0.717, 1.165) is 0 Å². The van der Waals surface area contributed by atoms with Crippen LogP contribution in [0.4, 0.5) is 5.69 Å². The van der Waals surface area contributed by atoms with E-state index in [1.807, 2.05) is 26.8 Å². The first-order valence-electron chi connectivity index (χ1n) is 8.04. The van der Waals surface area contributed by atoms with Crippen molar-refractivity contribution in [2.75, 3.05) is 0 Å². The number of amides is 1. The molecule has 3 heterocycles. The Morgan fingerprint density at radius 2 is 2.04 bits per heavy atom. The second-order valence-electron chi connectivity index (χ2n) is 6.76. The molecule has 0 bridgehead atoms. The minimum absolute atomic E-state index is 0.265. The molecular weight excluding hydrogens is 328 g/mol. The summed E-state index contributed by atoms with van der Waals surface area (Å²) in [5.74, 6) is -0.265. The summed E-state index contributed by atoms with van der Waals surface area (Å²) in [6.07, 6.45) is 4.83. The van der Waals surface area contributed by atoms with Crippen LogP contribution in [0.25, 0.3) is 21.9 Å². The fourth-order valence-corrected chi connectivity index (χ4v) is 2.36. The minimum Gasteiger partial charge on any atom is -0.346 e. The van der Waals surface area contributed by atoms with E-state index in [-0.39, 0.29) is 17.1 Å². The van der Waals surface area contributed by atoms with Gasteiger partial charge in [0.1, 0.15) is 0 Å². The first-order valence-corrected chi connectivity index (χ1v) is 8.04. The zero-order valence-corrected chi connectivity index (χ0v) is 14.8. The summed E-state index contributed by atoms with van der Waals surface area (Å²) < 4.78 is 1.63. The topological polar surface area (TPSA) is 77.1 Å². The minimum atomic E-state index is -0.370. The van der Waals surface area contributed by atoms with Crippen molar-refractivity contribution in [3.8, 4) is 17.1 Å². The highest BCUT2D eigenvalue weighted by atomic mass is 16.2. The Kier molecular flexibility index (Phi) is 4.50. The van der Waals surface area contributed by atoms with Crippen molar-refractivity contribution in [1.29, 1.82) is 0 Å². The summed E-state index contributed by atoms with van der Waals surface area (Å²) in [6, 6.07) is 8.76. The fraction of sp³-hybridized carbons (Fsp3) is 0.211. The van der Waals surface area contributed by atoms with Crippen LogP contribution >= 0.6 is 0 Å². The first kappa shape index (κ1) is 17.3. The molecule has 26 heavy (non-hydrogen) atoms. The predicted octanol–water partition coefficient (Wildman–Crippen LogP) is 3.41. The van der Waals surface area contributed by atoms with Gasteiger partial charge in [0.15, 0.2) is 5.69 Å². The van der Waals surface area contributed by atoms with E-state index < -0.39 is 0 Å². The number of nitrogens with one attached hydrogen (secondary N) is 1. The summed E-state index contributed by atoms with van der Waals surface area (Å²) in [4.78, 5) is 24.3. The average Bonchev–Trinajstić information content (AvgIpc) is 3.07. The van der Waals surface area contributed by atoms with Crippen LogP contribution in [0.1, 0.15) is 31.3 Å². The molecule has 1 amide bonds. The molecule has 0 unspecified atom stereocenters. The van der Waals surface area contributed by atoms with E-state index in [1.54, 1.807) is 41.3 Å². The molecule has 3 aromatic heterocycles. The van der Waals surface area contributed by atoms with Crippen LogP contribution in [0.3, 0.4) is 0 Å². The lowest BCUT2D eigenvalue weighted by Gasteiger charge is -2.19. The monoisotopic (exact) mass is 346 g/mol. The number of rotatable bonds is 3. The van der Waals surface area contributed by atoms with Gasteiger partial charge in [-0.05, 0) is 45.0 Å². The number of pyridine rings is 2. The van der Waals surface area contributed by atoms with Crippen LogP contribution in [-0.2, 0) is 0 Å². The van der Waals surface area contributed by atoms with E-state index in [2.05, 4.69) is 25.2 Å². The molecule has 0 saturated carbocycles. The van der Waals surface area contributed by atoms with Crippen LogP contribution in [0.15, 0.2) is 48.9 Å². The van der Waals surface area contributed by atoms with Crippen LogP contribution < -0.4 is 5.32 Å². The van der Waals surface area contributed by atoms with E-state index in [9.17, 15) is 4.79 Å². The van der Waals surface area contributed by atoms with E-state index in [1.165, 1.54) is 6.20 Å². The van der Waals surface area contributed by atoms with Gasteiger partial charge < -0.3 is 5.32 Å². The maximum Gasteiger partial charge on any atom is 0.272 e. The number of carbonyl (C=O) groups excluding carboxylic acids is 1. The number of nitrogens with zero attached hydrogens (tertiary/aromatic N) is 5. The molecule has 7 nitrogen and oxygen atoms in total. The highest BCUT2D eigenvalue weighted by Gasteiger charge is 2.21. The molecule has 7 heteroatoms. The fourth-order valence-electron chi connectivity index (χ4n) is 2.36. The molecule has 3 aromatic rings. The van der Waals surface area contributed by atoms with Gasteiger partial charge in [0.05, 0.1) is 29.8 Å². The SMILES string of the molecule is [C-]#[N+]c1ccc(-c2cc(C(=O)NC(C)(C)C)nn2-c2cccnc2)nc1. The summed E-state index contributed by atoms with van der Waals surface area (Å²) in [7, 11) is 0. The third-order valence-electron chi connectivity index (χ3n) is 3.46. The lowest BCUT2D eigenvalue weighted by molar-refractivity contribution is 0.0914. The molecule has 0 aliphatic heterocycles. The third kappa shape index (κ3) is 3.75. The van der Waals surface area contributed by atoms with Gasteiger partial charge in [-0.25, -0.2) is 9.53 Å². The molecule has 130 valence electrons. The van der Waals surface area contributed by atoms with Gasteiger partial charge in [0, 0.05) is 17.9 Å². The van der Waals surface area contributed by atoms with E-state index in [4.69, 9.17) is 6.57 Å². The predicted molar refractivity (Wildman–Crippen MR) is 98.1 cm³/mol. The Balaban J connectivity index is 2.09. The summed E-state index contributed by atoms with van der Waals surface area (Å²) in [5, 5.41) is 7.35. The third-order valence-corrected chi connectivity index (χ3v) is 3.46. The molecular formula is C19H18N6O. The summed E-state index contributed by atoms with van der Waals surface area (Å²) >= 11 is 0. The van der Waals surface area contributed by atoms with Crippen molar-refractivity contribution < 1.29 is 4.79 Å². The quantitative estimate of drug-likeness (QED) is 0.737. The lowest BCUT2D eigenvalue weighted by atomic mass is 10.1. The van der Waals surface area contributed by atoms with Crippen molar-refractivity contribution in [2.45, 2.75) is 26.3 Å². The highest BCUT2D eigenvalue weighted by molar-refractivity contribution is 5.94. The molecule has 3 rings (SSSR count). The van der Waals surface area contributed by atoms with Crippen LogP contribution in [0.2, 0.25) is 0 Å². The van der Waals surface area contributed by atoms with Gasteiger partial charge in [-0.3, -0.25) is 14.8 Å². The van der Waals surface area contributed by atoms with Gasteiger partial charge in [0.2, 0.25) is 5.69 Å². The van der Waals surface area contributed by atoms with E-state index in [0.29, 0.717) is 22.8 Å². The Morgan fingerprint density at radius 1 is 1.23 bits per heavy atom. The maximum atomic E-state index is 12.5. The molecule has 1 N–H and O–H groups in total. The van der Waals surface area contributed by atoms with Gasteiger partial charge in [0.25, 0.3) is 5.91 Å². The van der Waals surface area contributed by atoms with Crippen molar-refractivity contribution in [3.63, 3.8) is 0 Å². The van der Waals surface area contributed by atoms with Gasteiger partial charge in [-0.1, -0.05) is 6.07 Å². The Hall–Kier alpha value is -3.53. The Morgan fingerprint density at radius 3 is 2.62 bits per heavy atom. The lowest BCUT2D eigenvalue weighted by Crippen LogP contribution is -2.40. The number of hydrogen-bond donors (Lipinski definition) is 1. The molecule has 0 saturated heterocycles. The Labute approximate surface area is 151 Å². The van der Waals surface area contributed by atoms with Crippen molar-refractivity contribution in [3.05, 3.63) is 66.0 Å². The van der Waals surface area contributed by atoms with Crippen LogP contribution in [-0.4, -0.2) is 31.2 Å². The normalized spacial score (nSPS) is 11.0. The standard InChI is InChI=1S/C19H18N6O/c1-19(2,3)23-18(26)16-10-17(15-8-7-13(20-4)11-22-15)25(24-16)14-6-5-9-21-12-14/h5-12H,1-3H3,(H,23,26). The van der Waals surface area contributed by atoms with E-state index >= 15 is 0 Å². The van der Waals surface area contributed by atoms with Gasteiger partial charge in [-0.15, -0.1) is 0 Å². The zero-order chi connectivity index (χ0) is 18.7. The molecule has 0 fully saturated rings. The second-order valence-corrected chi connectivity index (χ2v) is 6.76. The summed E-state index contributed by atoms with van der Waals surface area (Å²) in [6.45, 7) is 12.8. The van der Waals surface area contributed by atoms with Crippen molar-refractivity contribution in [2.24, 2.45) is 0 Å². The number of carbonyl (C=O) groups is 1. The van der Waals surface area contributed by atoms with Crippen molar-refractivity contribution in [1.82, 2.24) is 25.1 Å². The largest absolute Gasteiger partial charge is 0.346 e. The number of hydrogen-bond acceptors (Lipinski definition) is 4. The van der Waals surface area contributed by atoms with Gasteiger partial charge >= 0.3 is 0 Å². The highest BCUT2D eigenvalue weighted by Crippen LogP contribution is 2.24.